The third-order valence-electron chi connectivity index (χ3n) is 3.78. The number of carboxylic acids is 1. The number of hydrogen-bond donors (Lipinski definition) is 2. The maximum atomic E-state index is 12.3. The van der Waals surface area contributed by atoms with E-state index < -0.39 is 22.9 Å². The Balaban J connectivity index is 2.06. The molecule has 1 aliphatic carbocycles. The van der Waals surface area contributed by atoms with E-state index in [2.05, 4.69) is 5.32 Å². The second kappa shape index (κ2) is 6.82. The maximum Gasteiger partial charge on any atom is 0.446 e. The van der Waals surface area contributed by atoms with Crippen LogP contribution in [0, 0.1) is 0 Å². The van der Waals surface area contributed by atoms with Crippen LogP contribution < -0.4 is 5.32 Å². The van der Waals surface area contributed by atoms with Crippen LogP contribution in [0.3, 0.4) is 0 Å². The van der Waals surface area contributed by atoms with Crippen LogP contribution in [-0.2, 0) is 4.79 Å². The molecule has 1 aromatic rings. The molecule has 8 heteroatoms. The van der Waals surface area contributed by atoms with Crippen molar-refractivity contribution in [3.63, 3.8) is 0 Å². The van der Waals surface area contributed by atoms with Crippen molar-refractivity contribution in [1.82, 2.24) is 5.32 Å². The molecule has 0 spiro atoms. The summed E-state index contributed by atoms with van der Waals surface area (Å²) in [4.78, 5) is 23.2. The predicted octanol–water partition coefficient (Wildman–Crippen LogP) is 3.82. The van der Waals surface area contributed by atoms with E-state index >= 15 is 0 Å². The summed E-state index contributed by atoms with van der Waals surface area (Å²) in [6.45, 7) is 0. The number of hydrogen-bond acceptors (Lipinski definition) is 3. The Kier molecular flexibility index (Phi) is 5.23. The summed E-state index contributed by atoms with van der Waals surface area (Å²) in [6.07, 6.45) is 2.71. The van der Waals surface area contributed by atoms with Gasteiger partial charge in [-0.2, -0.15) is 13.2 Å². The number of amides is 1. The molecular weight excluding hydrogens is 331 g/mol. The van der Waals surface area contributed by atoms with E-state index in [1.54, 1.807) is 0 Å². The first-order valence-corrected chi connectivity index (χ1v) is 7.91. The number of rotatable bonds is 5. The van der Waals surface area contributed by atoms with Crippen LogP contribution in [0.2, 0.25) is 0 Å². The van der Waals surface area contributed by atoms with E-state index in [9.17, 15) is 22.8 Å². The molecule has 1 fully saturated rings. The number of thioether (sulfide) groups is 1. The number of alkyl halides is 3. The molecule has 0 radical (unpaired) electrons. The van der Waals surface area contributed by atoms with E-state index in [1.807, 2.05) is 0 Å². The van der Waals surface area contributed by atoms with Crippen LogP contribution in [0.4, 0.5) is 13.2 Å². The number of carbonyl (C=O) groups excluding carboxylic acids is 1. The summed E-state index contributed by atoms with van der Waals surface area (Å²) in [5.41, 5.74) is -4.92. The van der Waals surface area contributed by atoms with Crippen molar-refractivity contribution in [2.45, 2.75) is 48.0 Å². The lowest BCUT2D eigenvalue weighted by atomic mass is 9.92. The summed E-state index contributed by atoms with van der Waals surface area (Å²) in [7, 11) is 0. The van der Waals surface area contributed by atoms with Gasteiger partial charge in [-0.25, -0.2) is 0 Å². The number of halogens is 3. The number of carboxylic acid groups (broad SMARTS) is 1. The van der Waals surface area contributed by atoms with Crippen molar-refractivity contribution in [3.8, 4) is 0 Å². The zero-order valence-electron chi connectivity index (χ0n) is 12.2. The lowest BCUT2D eigenvalue weighted by Gasteiger charge is -2.28. The van der Waals surface area contributed by atoms with E-state index in [0.29, 0.717) is 12.8 Å². The Morgan fingerprint density at radius 2 is 1.74 bits per heavy atom. The second-order valence-electron chi connectivity index (χ2n) is 5.58. The SMILES string of the molecule is O=C(O)CC1(NC(=O)c2ccc(SC(F)(F)F)cc2)CCCC1. The van der Waals surface area contributed by atoms with E-state index in [4.69, 9.17) is 5.11 Å². The molecule has 2 rings (SSSR count). The molecular formula is C15H16F3NO3S. The van der Waals surface area contributed by atoms with Gasteiger partial charge in [-0.3, -0.25) is 9.59 Å². The van der Waals surface area contributed by atoms with Gasteiger partial charge < -0.3 is 10.4 Å². The molecule has 0 atom stereocenters. The fourth-order valence-corrected chi connectivity index (χ4v) is 3.35. The van der Waals surface area contributed by atoms with E-state index in [1.165, 1.54) is 24.3 Å². The van der Waals surface area contributed by atoms with Crippen molar-refractivity contribution >= 4 is 23.6 Å². The first-order valence-electron chi connectivity index (χ1n) is 7.09. The molecule has 0 saturated heterocycles. The van der Waals surface area contributed by atoms with Gasteiger partial charge in [0.25, 0.3) is 5.91 Å². The van der Waals surface area contributed by atoms with Gasteiger partial charge in [0.05, 0.1) is 12.0 Å². The highest BCUT2D eigenvalue weighted by atomic mass is 32.2. The average Bonchev–Trinajstić information content (AvgIpc) is 2.84. The first-order chi connectivity index (χ1) is 10.7. The lowest BCUT2D eigenvalue weighted by molar-refractivity contribution is -0.138. The van der Waals surface area contributed by atoms with Gasteiger partial charge in [0.1, 0.15) is 0 Å². The third-order valence-corrected chi connectivity index (χ3v) is 4.52. The van der Waals surface area contributed by atoms with Crippen LogP contribution in [0.1, 0.15) is 42.5 Å². The monoisotopic (exact) mass is 347 g/mol. The Morgan fingerprint density at radius 1 is 1.17 bits per heavy atom. The number of aliphatic carboxylic acids is 1. The standard InChI is InChI=1S/C15H16F3NO3S/c16-15(17,18)23-11-5-3-10(4-6-11)13(22)19-14(9-12(20)21)7-1-2-8-14/h3-6H,1-2,7-9H2,(H,19,22)(H,20,21). The molecule has 1 saturated carbocycles. The number of carbonyl (C=O) groups is 2. The molecule has 0 bridgehead atoms. The molecule has 0 aromatic heterocycles. The maximum absolute atomic E-state index is 12.3. The highest BCUT2D eigenvalue weighted by molar-refractivity contribution is 8.00. The van der Waals surface area contributed by atoms with Crippen molar-refractivity contribution in [2.75, 3.05) is 0 Å². The van der Waals surface area contributed by atoms with E-state index in [-0.39, 0.29) is 28.6 Å². The smallest absolute Gasteiger partial charge is 0.446 e. The topological polar surface area (TPSA) is 66.4 Å². The molecule has 1 aliphatic rings. The minimum Gasteiger partial charge on any atom is -0.481 e. The van der Waals surface area contributed by atoms with Crippen molar-refractivity contribution < 1.29 is 27.9 Å². The molecule has 126 valence electrons. The van der Waals surface area contributed by atoms with Crippen molar-refractivity contribution in [1.29, 1.82) is 0 Å². The fraction of sp³-hybridized carbons (Fsp3) is 0.467. The average molecular weight is 347 g/mol. The van der Waals surface area contributed by atoms with Gasteiger partial charge in [-0.05, 0) is 48.9 Å². The van der Waals surface area contributed by atoms with Crippen LogP contribution >= 0.6 is 11.8 Å². The zero-order chi connectivity index (χ0) is 17.1. The van der Waals surface area contributed by atoms with Gasteiger partial charge in [0, 0.05) is 10.5 Å². The van der Waals surface area contributed by atoms with Gasteiger partial charge in [0.2, 0.25) is 0 Å². The first kappa shape index (κ1) is 17.7. The summed E-state index contributed by atoms with van der Waals surface area (Å²) >= 11 is -0.248. The highest BCUT2D eigenvalue weighted by Gasteiger charge is 2.37. The van der Waals surface area contributed by atoms with Gasteiger partial charge in [0.15, 0.2) is 0 Å². The molecule has 0 heterocycles. The Morgan fingerprint density at radius 3 is 2.22 bits per heavy atom. The molecule has 1 aromatic carbocycles. The van der Waals surface area contributed by atoms with Crippen LogP contribution in [0.5, 0.6) is 0 Å². The summed E-state index contributed by atoms with van der Waals surface area (Å²) in [5.74, 6) is -1.44. The third kappa shape index (κ3) is 5.16. The Labute approximate surface area is 135 Å². The van der Waals surface area contributed by atoms with E-state index in [0.717, 1.165) is 12.8 Å². The van der Waals surface area contributed by atoms with Crippen LogP contribution in [-0.4, -0.2) is 28.0 Å². The van der Waals surface area contributed by atoms with Crippen molar-refractivity contribution in [3.05, 3.63) is 29.8 Å². The Hall–Kier alpha value is -1.70. The predicted molar refractivity (Wildman–Crippen MR) is 79.3 cm³/mol. The summed E-state index contributed by atoms with van der Waals surface area (Å²) in [6, 6.07) is 5.08. The molecule has 0 unspecified atom stereocenters. The van der Waals surface area contributed by atoms with Crippen LogP contribution in [0.25, 0.3) is 0 Å². The molecule has 1 amide bonds. The quantitative estimate of drug-likeness (QED) is 0.795. The summed E-state index contributed by atoms with van der Waals surface area (Å²) < 4.78 is 36.8. The molecule has 23 heavy (non-hydrogen) atoms. The van der Waals surface area contributed by atoms with Gasteiger partial charge in [-0.15, -0.1) is 0 Å². The van der Waals surface area contributed by atoms with Crippen LogP contribution in [0.15, 0.2) is 29.2 Å². The lowest BCUT2D eigenvalue weighted by Crippen LogP contribution is -2.47. The number of nitrogens with one attached hydrogen (secondary N) is 1. The summed E-state index contributed by atoms with van der Waals surface area (Å²) in [5, 5.41) is 11.8. The fourth-order valence-electron chi connectivity index (χ4n) is 2.81. The largest absolute Gasteiger partial charge is 0.481 e. The molecule has 0 aliphatic heterocycles. The Bertz CT molecular complexity index is 581. The highest BCUT2D eigenvalue weighted by Crippen LogP contribution is 2.37. The minimum absolute atomic E-state index is 0.00448. The second-order valence-corrected chi connectivity index (χ2v) is 6.72. The van der Waals surface area contributed by atoms with Gasteiger partial charge in [-0.1, -0.05) is 12.8 Å². The van der Waals surface area contributed by atoms with Crippen molar-refractivity contribution in [2.24, 2.45) is 0 Å². The molecule has 4 nitrogen and oxygen atoms in total. The number of benzene rings is 1. The normalized spacial score (nSPS) is 17.0. The minimum atomic E-state index is -4.38. The zero-order valence-corrected chi connectivity index (χ0v) is 13.0. The molecule has 2 N–H and O–H groups in total. The van der Waals surface area contributed by atoms with Gasteiger partial charge >= 0.3 is 11.5 Å².